The zero-order valence-electron chi connectivity index (χ0n) is 9.87. The number of hydrogen-bond acceptors (Lipinski definition) is 3. The van der Waals surface area contributed by atoms with Crippen molar-refractivity contribution in [1.29, 1.82) is 0 Å². The van der Waals surface area contributed by atoms with Gasteiger partial charge in [0.2, 0.25) is 0 Å². The third-order valence-corrected chi connectivity index (χ3v) is 6.84. The topological polar surface area (TPSA) is 12.0 Å². The fourth-order valence-electron chi connectivity index (χ4n) is 2.39. The van der Waals surface area contributed by atoms with Gasteiger partial charge in [-0.1, -0.05) is 19.8 Å². The molecule has 1 heterocycles. The maximum Gasteiger partial charge on any atom is 0.0317 e. The van der Waals surface area contributed by atoms with Gasteiger partial charge in [0, 0.05) is 28.0 Å². The Hall–Kier alpha value is 0.660. The quantitative estimate of drug-likeness (QED) is 0.800. The van der Waals surface area contributed by atoms with E-state index in [1.807, 2.05) is 0 Å². The summed E-state index contributed by atoms with van der Waals surface area (Å²) in [5.41, 5.74) is 0. The minimum Gasteiger partial charge on any atom is -0.316 e. The number of rotatable bonds is 5. The molecule has 0 spiro atoms. The fourth-order valence-corrected chi connectivity index (χ4v) is 5.43. The Bertz CT molecular complexity index is 194. The van der Waals surface area contributed by atoms with Crippen molar-refractivity contribution < 1.29 is 0 Å². The number of nitrogens with one attached hydrogen (secondary N) is 1. The first-order valence-electron chi connectivity index (χ1n) is 6.21. The van der Waals surface area contributed by atoms with Crippen molar-refractivity contribution in [2.24, 2.45) is 5.92 Å². The van der Waals surface area contributed by atoms with Crippen molar-refractivity contribution in [3.05, 3.63) is 0 Å². The largest absolute Gasteiger partial charge is 0.316 e. The molecule has 2 rings (SSSR count). The van der Waals surface area contributed by atoms with E-state index in [0.29, 0.717) is 0 Å². The van der Waals surface area contributed by atoms with Crippen molar-refractivity contribution in [3.8, 4) is 0 Å². The molecule has 3 unspecified atom stereocenters. The predicted molar refractivity (Wildman–Crippen MR) is 73.0 cm³/mol. The van der Waals surface area contributed by atoms with E-state index in [-0.39, 0.29) is 0 Å². The maximum atomic E-state index is 3.55. The number of hydrogen-bond donors (Lipinski definition) is 1. The van der Waals surface area contributed by atoms with Gasteiger partial charge in [-0.2, -0.15) is 23.5 Å². The Kier molecular flexibility index (Phi) is 4.71. The summed E-state index contributed by atoms with van der Waals surface area (Å²) in [5.74, 6) is 3.78. The Morgan fingerprint density at radius 1 is 1.27 bits per heavy atom. The van der Waals surface area contributed by atoms with E-state index in [0.717, 1.165) is 22.5 Å². The minimum atomic E-state index is 0.749. The van der Waals surface area contributed by atoms with E-state index >= 15 is 0 Å². The van der Waals surface area contributed by atoms with Gasteiger partial charge in [0.15, 0.2) is 0 Å². The highest BCUT2D eigenvalue weighted by atomic mass is 32.2. The van der Waals surface area contributed by atoms with Crippen LogP contribution in [0.4, 0.5) is 0 Å². The second-order valence-corrected chi connectivity index (χ2v) is 7.60. The molecular formula is C12H23NS2. The first-order chi connectivity index (χ1) is 7.31. The molecule has 3 heteroatoms. The van der Waals surface area contributed by atoms with Gasteiger partial charge in [-0.3, -0.25) is 0 Å². The zero-order chi connectivity index (χ0) is 10.7. The van der Waals surface area contributed by atoms with Gasteiger partial charge in [0.05, 0.1) is 0 Å². The summed E-state index contributed by atoms with van der Waals surface area (Å²) in [7, 11) is 2.14. The smallest absolute Gasteiger partial charge is 0.0317 e. The zero-order valence-corrected chi connectivity index (χ0v) is 11.5. The van der Waals surface area contributed by atoms with Crippen molar-refractivity contribution in [2.75, 3.05) is 18.6 Å². The van der Waals surface area contributed by atoms with Crippen LogP contribution < -0.4 is 5.32 Å². The van der Waals surface area contributed by atoms with Gasteiger partial charge >= 0.3 is 0 Å². The number of thioether (sulfide) groups is 2. The molecule has 0 aromatic rings. The molecule has 1 nitrogen and oxygen atoms in total. The summed E-state index contributed by atoms with van der Waals surface area (Å²) in [6.07, 6.45) is 5.85. The lowest BCUT2D eigenvalue weighted by Gasteiger charge is -2.34. The molecule has 1 saturated carbocycles. The van der Waals surface area contributed by atoms with Gasteiger partial charge in [-0.25, -0.2) is 0 Å². The van der Waals surface area contributed by atoms with Crippen LogP contribution in [0, 0.1) is 5.92 Å². The summed E-state index contributed by atoms with van der Waals surface area (Å²) < 4.78 is 0. The van der Waals surface area contributed by atoms with Gasteiger partial charge < -0.3 is 5.32 Å². The van der Waals surface area contributed by atoms with E-state index in [1.54, 1.807) is 0 Å². The molecule has 1 aliphatic carbocycles. The lowest BCUT2D eigenvalue weighted by atomic mass is 10.0. The molecule has 15 heavy (non-hydrogen) atoms. The van der Waals surface area contributed by atoms with Gasteiger partial charge in [-0.15, -0.1) is 0 Å². The molecule has 0 aromatic carbocycles. The minimum absolute atomic E-state index is 0.749. The van der Waals surface area contributed by atoms with Gasteiger partial charge in [0.25, 0.3) is 0 Å². The van der Waals surface area contributed by atoms with Gasteiger partial charge in [-0.05, 0) is 25.8 Å². The van der Waals surface area contributed by atoms with E-state index in [9.17, 15) is 0 Å². The molecule has 0 aromatic heterocycles. The average molecular weight is 245 g/mol. The Morgan fingerprint density at radius 3 is 2.60 bits per heavy atom. The van der Waals surface area contributed by atoms with Gasteiger partial charge in [0.1, 0.15) is 0 Å². The predicted octanol–water partition coefficient (Wildman–Crippen LogP) is 3.00. The molecule has 3 atom stereocenters. The maximum absolute atomic E-state index is 3.55. The SMILES string of the molecule is CNC(CCC1CC1)C1SCCSC1C. The van der Waals surface area contributed by atoms with E-state index in [2.05, 4.69) is 42.8 Å². The van der Waals surface area contributed by atoms with Crippen LogP contribution in [-0.4, -0.2) is 35.1 Å². The third-order valence-electron chi connectivity index (χ3n) is 3.59. The molecule has 1 N–H and O–H groups in total. The van der Waals surface area contributed by atoms with Crippen LogP contribution in [0.5, 0.6) is 0 Å². The Morgan fingerprint density at radius 2 is 2.00 bits per heavy atom. The van der Waals surface area contributed by atoms with Crippen LogP contribution in [0.2, 0.25) is 0 Å². The fraction of sp³-hybridized carbons (Fsp3) is 1.00. The van der Waals surface area contributed by atoms with Crippen LogP contribution in [0.1, 0.15) is 32.6 Å². The molecule has 0 amide bonds. The first kappa shape index (κ1) is 12.1. The molecule has 2 fully saturated rings. The Balaban J connectivity index is 1.79. The van der Waals surface area contributed by atoms with Crippen LogP contribution >= 0.6 is 23.5 Å². The second kappa shape index (κ2) is 5.83. The third kappa shape index (κ3) is 3.57. The average Bonchev–Trinajstić information content (AvgIpc) is 3.05. The van der Waals surface area contributed by atoms with Crippen LogP contribution in [0.25, 0.3) is 0 Å². The molecule has 88 valence electrons. The second-order valence-electron chi connectivity index (χ2n) is 4.83. The summed E-state index contributed by atoms with van der Waals surface area (Å²) in [6, 6.07) is 0.749. The van der Waals surface area contributed by atoms with Crippen LogP contribution in [-0.2, 0) is 0 Å². The van der Waals surface area contributed by atoms with Crippen LogP contribution in [0.3, 0.4) is 0 Å². The molecule has 0 radical (unpaired) electrons. The monoisotopic (exact) mass is 245 g/mol. The summed E-state index contributed by atoms with van der Waals surface area (Å²) in [6.45, 7) is 2.41. The van der Waals surface area contributed by atoms with E-state index in [1.165, 1.54) is 37.2 Å². The molecule has 1 aliphatic heterocycles. The lowest BCUT2D eigenvalue weighted by molar-refractivity contribution is 0.469. The summed E-state index contributed by atoms with van der Waals surface area (Å²) >= 11 is 4.35. The molecule has 0 bridgehead atoms. The lowest BCUT2D eigenvalue weighted by Crippen LogP contribution is -2.42. The van der Waals surface area contributed by atoms with Crippen molar-refractivity contribution in [3.63, 3.8) is 0 Å². The van der Waals surface area contributed by atoms with Crippen molar-refractivity contribution >= 4 is 23.5 Å². The normalized spacial score (nSPS) is 34.0. The van der Waals surface area contributed by atoms with E-state index < -0.39 is 0 Å². The summed E-state index contributed by atoms with van der Waals surface area (Å²) in [5, 5.41) is 5.23. The molecule has 2 aliphatic rings. The highest BCUT2D eigenvalue weighted by Crippen LogP contribution is 2.37. The van der Waals surface area contributed by atoms with Crippen LogP contribution in [0.15, 0.2) is 0 Å². The highest BCUT2D eigenvalue weighted by molar-refractivity contribution is 8.07. The summed E-state index contributed by atoms with van der Waals surface area (Å²) in [4.78, 5) is 0. The first-order valence-corrected chi connectivity index (χ1v) is 8.31. The van der Waals surface area contributed by atoms with Crippen molar-refractivity contribution in [2.45, 2.75) is 49.1 Å². The molecule has 1 saturated heterocycles. The Labute approximate surface area is 103 Å². The van der Waals surface area contributed by atoms with E-state index in [4.69, 9.17) is 0 Å². The standard InChI is InChI=1S/C12H23NS2/c1-9-12(15-8-7-14-9)11(13-2)6-5-10-3-4-10/h9-13H,3-8H2,1-2H3. The highest BCUT2D eigenvalue weighted by Gasteiger charge is 2.31. The molecular weight excluding hydrogens is 222 g/mol. The van der Waals surface area contributed by atoms with Crippen molar-refractivity contribution in [1.82, 2.24) is 5.32 Å².